The van der Waals surface area contributed by atoms with E-state index in [9.17, 15) is 0 Å². The summed E-state index contributed by atoms with van der Waals surface area (Å²) in [7, 11) is 0. The van der Waals surface area contributed by atoms with E-state index >= 15 is 0 Å². The van der Waals surface area contributed by atoms with Crippen molar-refractivity contribution in [2.75, 3.05) is 19.8 Å². The van der Waals surface area contributed by atoms with E-state index in [0.29, 0.717) is 13.2 Å². The molecule has 1 atom stereocenters. The van der Waals surface area contributed by atoms with Crippen LogP contribution in [0, 0.1) is 5.92 Å². The fraction of sp³-hybridized carbons (Fsp3) is 0.500. The van der Waals surface area contributed by atoms with E-state index in [1.165, 1.54) is 0 Å². The number of aliphatic hydroxyl groups excluding tert-OH is 1. The first kappa shape index (κ1) is 13.1. The average molecular weight is 196 g/mol. The van der Waals surface area contributed by atoms with E-state index in [-0.39, 0.29) is 12.5 Å². The van der Waals surface area contributed by atoms with Gasteiger partial charge in [0.05, 0.1) is 13.2 Å². The molecular weight excluding hydrogens is 176 g/mol. The molecule has 0 aromatic heterocycles. The van der Waals surface area contributed by atoms with Gasteiger partial charge in [0, 0.05) is 12.5 Å². The van der Waals surface area contributed by atoms with Crippen LogP contribution in [0.25, 0.3) is 0 Å². The summed E-state index contributed by atoms with van der Waals surface area (Å²) < 4.78 is 5.34. The zero-order valence-electron chi connectivity index (χ0n) is 8.86. The first-order valence-corrected chi connectivity index (χ1v) is 4.94. The first-order chi connectivity index (χ1) is 6.81. The van der Waals surface area contributed by atoms with Gasteiger partial charge in [-0.3, -0.25) is 0 Å². The maximum absolute atomic E-state index is 8.72. The van der Waals surface area contributed by atoms with Crippen LogP contribution in [0.4, 0.5) is 0 Å². The third kappa shape index (κ3) is 9.23. The van der Waals surface area contributed by atoms with Gasteiger partial charge in [-0.2, -0.15) is 0 Å². The van der Waals surface area contributed by atoms with E-state index in [2.05, 4.69) is 6.58 Å². The Labute approximate surface area is 86.6 Å². The van der Waals surface area contributed by atoms with Crippen LogP contribution in [0.5, 0.6) is 0 Å². The molecule has 2 heteroatoms. The number of ether oxygens (including phenoxy) is 1. The Hall–Kier alpha value is -0.860. The van der Waals surface area contributed by atoms with E-state index < -0.39 is 0 Å². The van der Waals surface area contributed by atoms with Crippen molar-refractivity contribution in [2.24, 2.45) is 5.92 Å². The normalized spacial score (nSPS) is 13.9. The summed E-state index contributed by atoms with van der Waals surface area (Å²) in [5, 5.41) is 8.72. The monoisotopic (exact) mass is 196 g/mol. The van der Waals surface area contributed by atoms with Crippen molar-refractivity contribution in [1.82, 2.24) is 0 Å². The largest absolute Gasteiger partial charge is 0.396 e. The van der Waals surface area contributed by atoms with Crippen molar-refractivity contribution >= 4 is 0 Å². The molecule has 0 aliphatic carbocycles. The molecule has 0 spiro atoms. The average Bonchev–Trinajstić information content (AvgIpc) is 2.21. The van der Waals surface area contributed by atoms with Gasteiger partial charge in [0.2, 0.25) is 0 Å². The summed E-state index contributed by atoms with van der Waals surface area (Å²) in [5.41, 5.74) is 0. The molecule has 0 fully saturated rings. The molecule has 0 bridgehead atoms. The summed E-state index contributed by atoms with van der Waals surface area (Å²) in [6.07, 6.45) is 10.5. The Bertz CT molecular complexity index is 183. The van der Waals surface area contributed by atoms with Gasteiger partial charge in [-0.25, -0.2) is 0 Å². The highest BCUT2D eigenvalue weighted by atomic mass is 16.5. The van der Waals surface area contributed by atoms with Crippen molar-refractivity contribution in [3.63, 3.8) is 0 Å². The Morgan fingerprint density at radius 2 is 2.14 bits per heavy atom. The van der Waals surface area contributed by atoms with Gasteiger partial charge < -0.3 is 9.84 Å². The number of aliphatic hydroxyl groups is 1. The van der Waals surface area contributed by atoms with Crippen LogP contribution in [-0.2, 0) is 4.74 Å². The van der Waals surface area contributed by atoms with E-state index in [4.69, 9.17) is 9.84 Å². The molecule has 0 aromatic carbocycles. The summed E-state index contributed by atoms with van der Waals surface area (Å²) >= 11 is 0. The standard InChI is InChI=1S/C12H20O2/c1-3-4-5-6-7-8-9-14-11-12(2)10-13/h3-7,12-13H,1,8-11H2,2H3/b5-4-,7-6-/t12-/m1/s1. The van der Waals surface area contributed by atoms with Crippen LogP contribution in [0.3, 0.4) is 0 Å². The van der Waals surface area contributed by atoms with Crippen LogP contribution in [-0.4, -0.2) is 24.9 Å². The highest BCUT2D eigenvalue weighted by Crippen LogP contribution is 1.94. The van der Waals surface area contributed by atoms with E-state index in [1.807, 2.05) is 31.2 Å². The van der Waals surface area contributed by atoms with Crippen molar-refractivity contribution in [3.8, 4) is 0 Å². The van der Waals surface area contributed by atoms with Gasteiger partial charge in [-0.15, -0.1) is 0 Å². The smallest absolute Gasteiger partial charge is 0.0513 e. The predicted octanol–water partition coefficient (Wildman–Crippen LogP) is 2.32. The Kier molecular flexibility index (Phi) is 9.59. The fourth-order valence-corrected chi connectivity index (χ4v) is 0.806. The number of hydrogen-bond acceptors (Lipinski definition) is 2. The van der Waals surface area contributed by atoms with Crippen LogP contribution in [0.2, 0.25) is 0 Å². The minimum absolute atomic E-state index is 0.192. The SMILES string of the molecule is C=C/C=C\C=C/CCOC[C@H](C)CO. The first-order valence-electron chi connectivity index (χ1n) is 4.94. The Balaban J connectivity index is 3.24. The third-order valence-corrected chi connectivity index (χ3v) is 1.64. The molecule has 0 aliphatic heterocycles. The second-order valence-electron chi connectivity index (χ2n) is 3.20. The summed E-state index contributed by atoms with van der Waals surface area (Å²) in [6.45, 7) is 7.06. The van der Waals surface area contributed by atoms with Crippen LogP contribution in [0.15, 0.2) is 37.0 Å². The second-order valence-corrected chi connectivity index (χ2v) is 3.20. The van der Waals surface area contributed by atoms with Gasteiger partial charge in [0.25, 0.3) is 0 Å². The lowest BCUT2D eigenvalue weighted by atomic mass is 10.2. The molecule has 0 heterocycles. The lowest BCUT2D eigenvalue weighted by Gasteiger charge is -2.06. The number of rotatable bonds is 8. The van der Waals surface area contributed by atoms with Gasteiger partial charge in [0.1, 0.15) is 0 Å². The molecular formula is C12H20O2. The van der Waals surface area contributed by atoms with Crippen LogP contribution < -0.4 is 0 Å². The second kappa shape index (κ2) is 10.2. The predicted molar refractivity (Wildman–Crippen MR) is 60.2 cm³/mol. The van der Waals surface area contributed by atoms with Gasteiger partial charge in [-0.05, 0) is 6.42 Å². The molecule has 0 amide bonds. The molecule has 0 aliphatic rings. The highest BCUT2D eigenvalue weighted by Gasteiger charge is 1.97. The molecule has 0 aromatic rings. The van der Waals surface area contributed by atoms with E-state index in [0.717, 1.165) is 6.42 Å². The van der Waals surface area contributed by atoms with Crippen LogP contribution >= 0.6 is 0 Å². The van der Waals surface area contributed by atoms with Crippen LogP contribution in [0.1, 0.15) is 13.3 Å². The summed E-state index contributed by atoms with van der Waals surface area (Å²) in [4.78, 5) is 0. The van der Waals surface area contributed by atoms with Crippen molar-refractivity contribution in [3.05, 3.63) is 37.0 Å². The van der Waals surface area contributed by atoms with Gasteiger partial charge in [0.15, 0.2) is 0 Å². The number of hydrogen-bond donors (Lipinski definition) is 1. The lowest BCUT2D eigenvalue weighted by Crippen LogP contribution is -2.10. The molecule has 1 N–H and O–H groups in total. The zero-order chi connectivity index (χ0) is 10.6. The molecule has 0 radical (unpaired) electrons. The maximum atomic E-state index is 8.72. The molecule has 0 unspecified atom stereocenters. The minimum atomic E-state index is 0.192. The topological polar surface area (TPSA) is 29.5 Å². The minimum Gasteiger partial charge on any atom is -0.396 e. The molecule has 80 valence electrons. The summed E-state index contributed by atoms with van der Waals surface area (Å²) in [5.74, 6) is 0.236. The Morgan fingerprint density at radius 1 is 1.36 bits per heavy atom. The molecule has 0 saturated carbocycles. The molecule has 14 heavy (non-hydrogen) atoms. The zero-order valence-corrected chi connectivity index (χ0v) is 8.86. The highest BCUT2D eigenvalue weighted by molar-refractivity contribution is 5.08. The fourth-order valence-electron chi connectivity index (χ4n) is 0.806. The third-order valence-electron chi connectivity index (χ3n) is 1.64. The Morgan fingerprint density at radius 3 is 2.79 bits per heavy atom. The molecule has 0 rings (SSSR count). The van der Waals surface area contributed by atoms with Crippen molar-refractivity contribution in [1.29, 1.82) is 0 Å². The van der Waals surface area contributed by atoms with Gasteiger partial charge in [-0.1, -0.05) is 43.9 Å². The molecule has 0 saturated heterocycles. The molecule has 2 nitrogen and oxygen atoms in total. The van der Waals surface area contributed by atoms with Crippen molar-refractivity contribution in [2.45, 2.75) is 13.3 Å². The lowest BCUT2D eigenvalue weighted by molar-refractivity contribution is 0.0829. The van der Waals surface area contributed by atoms with Crippen molar-refractivity contribution < 1.29 is 9.84 Å². The van der Waals surface area contributed by atoms with Gasteiger partial charge >= 0.3 is 0 Å². The van der Waals surface area contributed by atoms with E-state index in [1.54, 1.807) is 6.08 Å². The quantitative estimate of drug-likeness (QED) is 0.477. The maximum Gasteiger partial charge on any atom is 0.0513 e. The summed E-state index contributed by atoms with van der Waals surface area (Å²) in [6, 6.07) is 0. The number of allylic oxidation sites excluding steroid dienone is 4.